The summed E-state index contributed by atoms with van der Waals surface area (Å²) in [5.41, 5.74) is 1.04. The molecule has 3 aliphatic heterocycles. The molecule has 3 aliphatic rings. The molecule has 0 spiro atoms. The first-order valence-electron chi connectivity index (χ1n) is 25.9. The van der Waals surface area contributed by atoms with E-state index in [1.807, 2.05) is 40.7 Å². The average molecular weight is 1020 g/mol. The van der Waals surface area contributed by atoms with E-state index in [1.165, 1.54) is 20.3 Å². The lowest BCUT2D eigenvalue weighted by molar-refractivity contribution is -0.304. The van der Waals surface area contributed by atoms with Crippen molar-refractivity contribution in [1.29, 1.82) is 0 Å². The fraction of sp³-hybridized carbons (Fsp3) is 0.741. The molecule has 0 aliphatic carbocycles. The number of aliphatic hydroxyl groups is 4. The highest BCUT2D eigenvalue weighted by atomic mass is 16.7. The molecule has 18 nitrogen and oxygen atoms in total. The molecule has 1 aromatic carbocycles. The van der Waals surface area contributed by atoms with Gasteiger partial charge < -0.3 is 68.7 Å². The molecule has 18 atom stereocenters. The number of benzene rings is 1. The Balaban J connectivity index is 1.86. The monoisotopic (exact) mass is 1020 g/mol. The molecular formula is C54H87N3O15. The summed E-state index contributed by atoms with van der Waals surface area (Å²) in [5.74, 6) is -4.83. The van der Waals surface area contributed by atoms with Gasteiger partial charge in [0.2, 0.25) is 5.91 Å². The van der Waals surface area contributed by atoms with Crippen LogP contribution in [-0.4, -0.2) is 187 Å². The Morgan fingerprint density at radius 2 is 1.50 bits per heavy atom. The lowest BCUT2D eigenvalue weighted by Crippen LogP contribution is -2.63. The van der Waals surface area contributed by atoms with Crippen LogP contribution in [0.1, 0.15) is 111 Å². The Labute approximate surface area is 427 Å². The van der Waals surface area contributed by atoms with Crippen molar-refractivity contribution in [3.63, 3.8) is 0 Å². The lowest BCUT2D eigenvalue weighted by atomic mass is 9.77. The second-order valence-electron chi connectivity index (χ2n) is 20.5. The number of amides is 2. The van der Waals surface area contributed by atoms with E-state index in [2.05, 4.69) is 5.32 Å². The zero-order valence-electron chi connectivity index (χ0n) is 44.9. The lowest BCUT2D eigenvalue weighted by Gasteiger charge is -2.47. The van der Waals surface area contributed by atoms with Gasteiger partial charge in [-0.1, -0.05) is 70.0 Å². The van der Waals surface area contributed by atoms with Crippen molar-refractivity contribution in [3.8, 4) is 0 Å². The van der Waals surface area contributed by atoms with Crippen LogP contribution in [0.25, 0.3) is 0 Å². The van der Waals surface area contributed by atoms with Crippen molar-refractivity contribution in [1.82, 2.24) is 15.1 Å². The largest absolute Gasteiger partial charge is 0.462 e. The molecular weight excluding hydrogens is 931 g/mol. The third kappa shape index (κ3) is 15.9. The molecule has 2 amide bonds. The minimum atomic E-state index is -1.44. The number of nitrogens with zero attached hydrogens (tertiary/aromatic N) is 2. The van der Waals surface area contributed by atoms with E-state index in [-0.39, 0.29) is 31.1 Å². The van der Waals surface area contributed by atoms with Crippen molar-refractivity contribution in [2.24, 2.45) is 23.7 Å². The van der Waals surface area contributed by atoms with Gasteiger partial charge in [-0.2, -0.15) is 0 Å². The molecule has 3 heterocycles. The number of esters is 1. The number of cyclic esters (lactones) is 1. The first kappa shape index (κ1) is 60.9. The van der Waals surface area contributed by atoms with Crippen LogP contribution in [0.3, 0.4) is 0 Å². The summed E-state index contributed by atoms with van der Waals surface area (Å²) in [6.45, 7) is 16.5. The van der Waals surface area contributed by atoms with Gasteiger partial charge >= 0.3 is 5.97 Å². The molecule has 4 rings (SSSR count). The highest BCUT2D eigenvalue weighted by Gasteiger charge is 2.49. The number of ketones is 1. The van der Waals surface area contributed by atoms with Crippen molar-refractivity contribution in [2.75, 3.05) is 41.5 Å². The predicted octanol–water partition coefficient (Wildman–Crippen LogP) is 4.20. The first-order valence-corrected chi connectivity index (χ1v) is 25.9. The van der Waals surface area contributed by atoms with Crippen LogP contribution in [0.2, 0.25) is 0 Å². The SMILES string of the molecule is CCCCNC(=O)C(C[C@H]1C[C@@H](C)C(=O)/C=C/C(C)=C/[C@H](CO[C@H]2O[C@@H](C)[C@H](O)[C@H](OC)[C@@H]2OC)[C@@H](CC)OC(=O)C[C@@H](O)[C@H](C)[C@H]1O[C@@H]1O[C@H](C)[C@@H](O)[C@H](N(C)C)[C@H]1O)N(C(=O)c1ccccc1)C(C)C. The number of unbranched alkanes of at least 4 members (excludes halogenated alkanes) is 1. The maximum absolute atomic E-state index is 14.7. The number of hydrogen-bond acceptors (Lipinski definition) is 16. The van der Waals surface area contributed by atoms with Crippen LogP contribution < -0.4 is 5.32 Å². The fourth-order valence-electron chi connectivity index (χ4n) is 10.2. The Morgan fingerprint density at radius 1 is 0.861 bits per heavy atom. The van der Waals surface area contributed by atoms with E-state index in [0.29, 0.717) is 30.5 Å². The van der Waals surface area contributed by atoms with Crippen molar-refractivity contribution in [2.45, 2.75) is 193 Å². The molecule has 2 fully saturated rings. The maximum Gasteiger partial charge on any atom is 0.308 e. The molecule has 0 saturated carbocycles. The molecule has 5 N–H and O–H groups in total. The van der Waals surface area contributed by atoms with Crippen molar-refractivity contribution in [3.05, 3.63) is 59.7 Å². The maximum atomic E-state index is 14.7. The minimum Gasteiger partial charge on any atom is -0.462 e. The van der Waals surface area contributed by atoms with Gasteiger partial charge in [0.15, 0.2) is 18.4 Å². The Bertz CT molecular complexity index is 1920. The first-order chi connectivity index (χ1) is 34.1. The van der Waals surface area contributed by atoms with Crippen LogP contribution >= 0.6 is 0 Å². The van der Waals surface area contributed by atoms with Crippen molar-refractivity contribution < 1.29 is 72.8 Å². The highest BCUT2D eigenvalue weighted by molar-refractivity contribution is 5.98. The van der Waals surface area contributed by atoms with Crippen LogP contribution in [0, 0.1) is 23.7 Å². The molecule has 18 heteroatoms. The number of likely N-dealkylation sites (N-methyl/N-ethyl adjacent to an activating group) is 1. The zero-order chi connectivity index (χ0) is 53.6. The summed E-state index contributed by atoms with van der Waals surface area (Å²) in [7, 11) is 6.36. The topological polar surface area (TPSA) is 232 Å². The quantitative estimate of drug-likeness (QED) is 0.102. The Kier molecular flexibility index (Phi) is 24.4. The smallest absolute Gasteiger partial charge is 0.308 e. The van der Waals surface area contributed by atoms with E-state index >= 15 is 0 Å². The van der Waals surface area contributed by atoms with Gasteiger partial charge in [-0.3, -0.25) is 19.2 Å². The molecule has 0 bridgehead atoms. The van der Waals surface area contributed by atoms with Gasteiger partial charge in [0.1, 0.15) is 36.6 Å². The number of methoxy groups -OCH3 is 2. The second kappa shape index (κ2) is 28.9. The number of aliphatic hydroxyl groups excluding tert-OH is 4. The van der Waals surface area contributed by atoms with Gasteiger partial charge in [0, 0.05) is 50.1 Å². The number of carbonyl (C=O) groups excluding carboxylic acids is 4. The molecule has 1 aromatic rings. The third-order valence-corrected chi connectivity index (χ3v) is 14.5. The number of hydrogen-bond donors (Lipinski definition) is 5. The third-order valence-electron chi connectivity index (χ3n) is 14.5. The summed E-state index contributed by atoms with van der Waals surface area (Å²) in [4.78, 5) is 61.0. The fourth-order valence-corrected chi connectivity index (χ4v) is 10.2. The molecule has 1 unspecified atom stereocenters. The van der Waals surface area contributed by atoms with Gasteiger partial charge in [0.25, 0.3) is 5.91 Å². The Hall–Kier alpha value is -3.66. The number of carbonyl (C=O) groups is 4. The van der Waals surface area contributed by atoms with E-state index in [4.69, 9.17) is 33.2 Å². The summed E-state index contributed by atoms with van der Waals surface area (Å²) in [6.07, 6.45) is -5.81. The van der Waals surface area contributed by atoms with E-state index in [1.54, 1.807) is 88.0 Å². The van der Waals surface area contributed by atoms with E-state index in [0.717, 1.165) is 6.42 Å². The van der Waals surface area contributed by atoms with Crippen LogP contribution in [0.5, 0.6) is 0 Å². The highest BCUT2D eigenvalue weighted by Crippen LogP contribution is 2.37. The minimum absolute atomic E-state index is 0.0280. The van der Waals surface area contributed by atoms with Gasteiger partial charge in [-0.15, -0.1) is 0 Å². The summed E-state index contributed by atoms with van der Waals surface area (Å²) in [5, 5.41) is 49.1. The van der Waals surface area contributed by atoms with Gasteiger partial charge in [-0.25, -0.2) is 0 Å². The molecule has 2 saturated heterocycles. The molecule has 0 aromatic heterocycles. The average Bonchev–Trinajstić information content (AvgIpc) is 3.34. The zero-order valence-corrected chi connectivity index (χ0v) is 44.9. The Morgan fingerprint density at radius 3 is 2.10 bits per heavy atom. The summed E-state index contributed by atoms with van der Waals surface area (Å²) >= 11 is 0. The number of ether oxygens (including phenoxy) is 7. The predicted molar refractivity (Wildman–Crippen MR) is 269 cm³/mol. The van der Waals surface area contributed by atoms with Gasteiger partial charge in [-0.05, 0) is 98.5 Å². The van der Waals surface area contributed by atoms with Crippen LogP contribution in [0.4, 0.5) is 0 Å². The second-order valence-corrected chi connectivity index (χ2v) is 20.5. The number of rotatable bonds is 18. The summed E-state index contributed by atoms with van der Waals surface area (Å²) < 4.78 is 42.8. The molecule has 0 radical (unpaired) electrons. The number of allylic oxidation sites excluding steroid dienone is 3. The van der Waals surface area contributed by atoms with E-state index in [9.17, 15) is 39.6 Å². The van der Waals surface area contributed by atoms with Crippen LogP contribution in [-0.2, 0) is 47.5 Å². The van der Waals surface area contributed by atoms with Crippen molar-refractivity contribution >= 4 is 23.6 Å². The normalized spacial score (nSPS) is 36.0. The molecule has 72 heavy (non-hydrogen) atoms. The summed E-state index contributed by atoms with van der Waals surface area (Å²) in [6, 6.07) is 6.24. The molecule has 408 valence electrons. The van der Waals surface area contributed by atoms with Gasteiger partial charge in [0.05, 0.1) is 49.6 Å². The number of nitrogens with one attached hydrogen (secondary N) is 1. The van der Waals surface area contributed by atoms with Crippen LogP contribution in [0.15, 0.2) is 54.1 Å². The standard InChI is InChI=1S/C54H87N3O15/c1-14-16-24-55-51(64)39(57(30(3)4)52(65)36-20-18-17-19-21-36)27-37-26-32(6)40(58)23-22-31(5)25-38(29-68-54-50(67-13)49(66-12)46(62)35(9)70-54)42(15-2)71-43(60)28-41(59)33(7)48(37)72-53-47(63)44(56(10)11)45(61)34(8)69-53/h17-23,25,30,32-35,37-39,41-42,44-50,53-54,59,61-63H,14-16,24,26-29H2,1-13H3,(H,55,64)/b23-22+,31-25+/t32-,33+,34-,35+,37-,38-,39?,41-,42-,44+,45-,46+,47-,48-,49+,50+,53+,54+/m1/s1. The van der Waals surface area contributed by atoms with E-state index < -0.39 is 134 Å².